The fourth-order valence-electron chi connectivity index (χ4n) is 1.54. The van der Waals surface area contributed by atoms with Crippen LogP contribution in [-0.4, -0.2) is 30.7 Å². The van der Waals surface area contributed by atoms with Crippen LogP contribution < -0.4 is 9.47 Å². The number of ether oxygens (including phenoxy) is 2. The van der Waals surface area contributed by atoms with Crippen molar-refractivity contribution in [2.24, 2.45) is 0 Å². The predicted molar refractivity (Wildman–Crippen MR) is 72.7 cm³/mol. The lowest BCUT2D eigenvalue weighted by Crippen LogP contribution is -2.31. The van der Waals surface area contributed by atoms with Crippen LogP contribution >= 0.6 is 0 Å². The summed E-state index contributed by atoms with van der Waals surface area (Å²) < 4.78 is 10.4. The van der Waals surface area contributed by atoms with Gasteiger partial charge in [-0.25, -0.2) is 4.89 Å². The van der Waals surface area contributed by atoms with Crippen LogP contribution in [0.5, 0.6) is 11.5 Å². The molecule has 0 radical (unpaired) electrons. The van der Waals surface area contributed by atoms with Gasteiger partial charge in [-0.3, -0.25) is 10.1 Å². The van der Waals surface area contributed by atoms with E-state index in [-0.39, 0.29) is 0 Å². The Morgan fingerprint density at radius 3 is 2.30 bits per heavy atom. The van der Waals surface area contributed by atoms with E-state index in [1.54, 1.807) is 38.1 Å². The fourth-order valence-corrected chi connectivity index (χ4v) is 1.54. The summed E-state index contributed by atoms with van der Waals surface area (Å²) in [5.74, 6) is 0.693. The maximum atomic E-state index is 10.4. The number of benzene rings is 1. The van der Waals surface area contributed by atoms with Crippen LogP contribution in [0.4, 0.5) is 0 Å². The highest BCUT2D eigenvalue weighted by Crippen LogP contribution is 2.28. The summed E-state index contributed by atoms with van der Waals surface area (Å²) in [6, 6.07) is 6.72. The van der Waals surface area contributed by atoms with E-state index in [1.165, 1.54) is 0 Å². The van der Waals surface area contributed by atoms with Gasteiger partial charge in [0.1, 0.15) is 19.0 Å². The molecule has 1 aromatic rings. The molecule has 110 valence electrons. The molecule has 0 spiro atoms. The molecule has 2 atom stereocenters. The van der Waals surface area contributed by atoms with E-state index in [0.29, 0.717) is 23.5 Å². The second-order valence-electron chi connectivity index (χ2n) is 3.86. The zero-order valence-corrected chi connectivity index (χ0v) is 11.4. The Bertz CT molecular complexity index is 431. The predicted octanol–water partition coefficient (Wildman–Crippen LogP) is 2.24. The molecule has 1 rings (SSSR count). The number of hydrogen-bond acceptors (Lipinski definition) is 6. The minimum absolute atomic E-state index is 0.303. The summed E-state index contributed by atoms with van der Waals surface area (Å²) in [5, 5.41) is 8.79. The molecular formula is C14H18O6. The van der Waals surface area contributed by atoms with Crippen molar-refractivity contribution >= 4 is 13.3 Å². The van der Waals surface area contributed by atoms with Gasteiger partial charge >= 0.3 is 0 Å². The Morgan fingerprint density at radius 2 is 1.85 bits per heavy atom. The Morgan fingerprint density at radius 1 is 1.30 bits per heavy atom. The van der Waals surface area contributed by atoms with Gasteiger partial charge in [-0.15, -0.1) is 0 Å². The largest absolute Gasteiger partial charge is 0.484 e. The van der Waals surface area contributed by atoms with Crippen LogP contribution in [0.3, 0.4) is 0 Å². The van der Waals surface area contributed by atoms with Gasteiger partial charge in [-0.2, -0.15) is 0 Å². The second kappa shape index (κ2) is 9.71. The first-order valence-electron chi connectivity index (χ1n) is 5.70. The maximum absolute atomic E-state index is 10.4. The highest BCUT2D eigenvalue weighted by Gasteiger charge is 2.22. The number of para-hydroxylation sites is 2. The number of carbonyl (C=O) groups excluding carboxylic acids is 2. The van der Waals surface area contributed by atoms with Gasteiger partial charge in [0.05, 0.1) is 0 Å². The standard InChI is InChI=1S/C13H16O5.CH2O/c1-9(2)13(18-15)10(3)17-12-7-5-4-6-11(12)16-8-14;1-2/h4-8,10,13,15H,1H2,2-3H3;1H2. The molecule has 0 aliphatic heterocycles. The molecule has 0 heterocycles. The second-order valence-corrected chi connectivity index (χ2v) is 3.86. The van der Waals surface area contributed by atoms with Crippen molar-refractivity contribution in [1.82, 2.24) is 0 Å². The highest BCUT2D eigenvalue weighted by atomic mass is 17.1. The van der Waals surface area contributed by atoms with Crippen molar-refractivity contribution in [2.75, 3.05) is 0 Å². The van der Waals surface area contributed by atoms with Gasteiger partial charge in [-0.1, -0.05) is 18.7 Å². The Labute approximate surface area is 117 Å². The first kappa shape index (κ1) is 17.8. The maximum Gasteiger partial charge on any atom is 0.298 e. The van der Waals surface area contributed by atoms with Gasteiger partial charge in [0, 0.05) is 0 Å². The third-order valence-corrected chi connectivity index (χ3v) is 2.36. The molecule has 0 saturated carbocycles. The van der Waals surface area contributed by atoms with Crippen molar-refractivity contribution in [1.29, 1.82) is 0 Å². The first-order valence-corrected chi connectivity index (χ1v) is 5.70. The van der Waals surface area contributed by atoms with E-state index in [2.05, 4.69) is 11.5 Å². The van der Waals surface area contributed by atoms with Crippen LogP contribution in [-0.2, 0) is 14.5 Å². The van der Waals surface area contributed by atoms with Crippen LogP contribution in [0, 0.1) is 0 Å². The van der Waals surface area contributed by atoms with Crippen molar-refractivity contribution in [3.63, 3.8) is 0 Å². The van der Waals surface area contributed by atoms with E-state index in [1.807, 2.05) is 6.79 Å². The van der Waals surface area contributed by atoms with Gasteiger partial charge < -0.3 is 14.3 Å². The molecule has 20 heavy (non-hydrogen) atoms. The molecular weight excluding hydrogens is 264 g/mol. The van der Waals surface area contributed by atoms with E-state index in [4.69, 9.17) is 19.5 Å². The van der Waals surface area contributed by atoms with Crippen LogP contribution in [0.25, 0.3) is 0 Å². The third-order valence-electron chi connectivity index (χ3n) is 2.36. The molecule has 0 fully saturated rings. The minimum atomic E-state index is -0.658. The van der Waals surface area contributed by atoms with Crippen LogP contribution in [0.15, 0.2) is 36.4 Å². The lowest BCUT2D eigenvalue weighted by atomic mass is 10.1. The number of carbonyl (C=O) groups is 2. The van der Waals surface area contributed by atoms with Crippen LogP contribution in [0.2, 0.25) is 0 Å². The molecule has 0 aromatic heterocycles. The number of hydrogen-bond donors (Lipinski definition) is 1. The minimum Gasteiger partial charge on any atom is -0.484 e. The number of rotatable bonds is 7. The summed E-state index contributed by atoms with van der Waals surface area (Å²) >= 11 is 0. The van der Waals surface area contributed by atoms with Crippen LogP contribution in [0.1, 0.15) is 13.8 Å². The van der Waals surface area contributed by atoms with Crippen molar-refractivity contribution < 1.29 is 29.2 Å². The topological polar surface area (TPSA) is 82.1 Å². The summed E-state index contributed by atoms with van der Waals surface area (Å²) in [6.07, 6.45) is -1.14. The molecule has 2 unspecified atom stereocenters. The van der Waals surface area contributed by atoms with Crippen molar-refractivity contribution in [3.05, 3.63) is 36.4 Å². The molecule has 1 N–H and O–H groups in total. The molecule has 0 aliphatic rings. The van der Waals surface area contributed by atoms with Crippen molar-refractivity contribution in [2.45, 2.75) is 26.1 Å². The Balaban J connectivity index is 0.00000172. The molecule has 0 amide bonds. The highest BCUT2D eigenvalue weighted by molar-refractivity contribution is 5.50. The average molecular weight is 282 g/mol. The van der Waals surface area contributed by atoms with Gasteiger partial charge in [0.15, 0.2) is 11.5 Å². The molecule has 0 saturated heterocycles. The summed E-state index contributed by atoms with van der Waals surface area (Å²) in [5.41, 5.74) is 0.624. The molecule has 6 heteroatoms. The average Bonchev–Trinajstić information content (AvgIpc) is 2.44. The SMILES string of the molecule is C=C(C)C(OO)C(C)Oc1ccccc1OC=O.C=O. The van der Waals surface area contributed by atoms with Crippen molar-refractivity contribution in [3.8, 4) is 11.5 Å². The summed E-state index contributed by atoms with van der Waals surface area (Å²) in [7, 11) is 0. The van der Waals surface area contributed by atoms with Gasteiger partial charge in [0.2, 0.25) is 0 Å². The lowest BCUT2D eigenvalue weighted by Gasteiger charge is -2.23. The Hall–Kier alpha value is -2.18. The lowest BCUT2D eigenvalue weighted by molar-refractivity contribution is -0.282. The van der Waals surface area contributed by atoms with E-state index >= 15 is 0 Å². The quantitative estimate of drug-likeness (QED) is 0.357. The molecule has 0 bridgehead atoms. The summed E-state index contributed by atoms with van der Waals surface area (Å²) in [6.45, 7) is 9.45. The zero-order valence-electron chi connectivity index (χ0n) is 11.4. The monoisotopic (exact) mass is 282 g/mol. The smallest absolute Gasteiger partial charge is 0.298 e. The van der Waals surface area contributed by atoms with E-state index in [0.717, 1.165) is 0 Å². The zero-order chi connectivity index (χ0) is 15.5. The van der Waals surface area contributed by atoms with Gasteiger partial charge in [0.25, 0.3) is 6.47 Å². The molecule has 0 aliphatic carbocycles. The molecule has 6 nitrogen and oxygen atoms in total. The van der Waals surface area contributed by atoms with E-state index in [9.17, 15) is 4.79 Å². The summed E-state index contributed by atoms with van der Waals surface area (Å²) in [4.78, 5) is 22.7. The normalized spacial score (nSPS) is 12.3. The Kier molecular flexibility index (Phi) is 8.65. The third kappa shape index (κ3) is 5.21. The van der Waals surface area contributed by atoms with E-state index < -0.39 is 12.2 Å². The van der Waals surface area contributed by atoms with Gasteiger partial charge in [-0.05, 0) is 31.6 Å². The molecule has 1 aromatic carbocycles. The fraction of sp³-hybridized carbons (Fsp3) is 0.286. The first-order chi connectivity index (χ1) is 9.60.